The van der Waals surface area contributed by atoms with Crippen LogP contribution >= 0.6 is 0 Å². The second kappa shape index (κ2) is 8.86. The predicted molar refractivity (Wildman–Crippen MR) is 107 cm³/mol. The molecule has 0 aliphatic carbocycles. The van der Waals surface area contributed by atoms with Crippen molar-refractivity contribution in [2.24, 2.45) is 0 Å². The molecule has 144 valence electrons. The van der Waals surface area contributed by atoms with E-state index in [0.29, 0.717) is 6.54 Å². The minimum absolute atomic E-state index is 0.0128. The maximum absolute atomic E-state index is 12.1. The molecule has 0 spiro atoms. The summed E-state index contributed by atoms with van der Waals surface area (Å²) >= 11 is 0. The molecule has 0 atom stereocenters. The van der Waals surface area contributed by atoms with Gasteiger partial charge in [-0.15, -0.1) is 0 Å². The number of aryl methyl sites for hydroxylation is 2. The third kappa shape index (κ3) is 5.44. The van der Waals surface area contributed by atoms with Crippen LogP contribution in [0.25, 0.3) is 0 Å². The van der Waals surface area contributed by atoms with E-state index in [-0.39, 0.29) is 12.5 Å². The summed E-state index contributed by atoms with van der Waals surface area (Å²) in [4.78, 5) is 21.2. The largest absolute Gasteiger partial charge is 0.484 e. The van der Waals surface area contributed by atoms with Gasteiger partial charge in [0.1, 0.15) is 11.6 Å². The number of amides is 1. The number of carbonyl (C=O) groups is 1. The van der Waals surface area contributed by atoms with Gasteiger partial charge in [-0.2, -0.15) is 0 Å². The predicted octanol–water partition coefficient (Wildman–Crippen LogP) is 2.15. The summed E-state index contributed by atoms with van der Waals surface area (Å²) < 4.78 is 5.58. The van der Waals surface area contributed by atoms with Crippen molar-refractivity contribution >= 4 is 11.7 Å². The lowest BCUT2D eigenvalue weighted by atomic mass is 10.1. The zero-order valence-corrected chi connectivity index (χ0v) is 16.4. The Bertz CT molecular complexity index is 786. The molecule has 1 aromatic carbocycles. The molecule has 1 N–H and O–H groups in total. The van der Waals surface area contributed by atoms with Gasteiger partial charge < -0.3 is 19.9 Å². The number of hydrogen-bond acceptors (Lipinski definition) is 5. The van der Waals surface area contributed by atoms with Gasteiger partial charge in [-0.05, 0) is 61.9 Å². The highest BCUT2D eigenvalue weighted by molar-refractivity contribution is 5.77. The Balaban J connectivity index is 1.48. The molecule has 0 radical (unpaired) electrons. The molecular weight excluding hydrogens is 340 g/mol. The highest BCUT2D eigenvalue weighted by Crippen LogP contribution is 2.16. The number of anilines is 1. The summed E-state index contributed by atoms with van der Waals surface area (Å²) in [5.41, 5.74) is 3.40. The normalized spacial score (nSPS) is 14.9. The minimum Gasteiger partial charge on any atom is -0.484 e. The minimum atomic E-state index is -0.133. The van der Waals surface area contributed by atoms with E-state index in [9.17, 15) is 4.79 Å². The molecule has 27 heavy (non-hydrogen) atoms. The van der Waals surface area contributed by atoms with Gasteiger partial charge >= 0.3 is 0 Å². The van der Waals surface area contributed by atoms with Gasteiger partial charge in [-0.1, -0.05) is 6.07 Å². The van der Waals surface area contributed by atoms with Gasteiger partial charge in [0.15, 0.2) is 6.61 Å². The van der Waals surface area contributed by atoms with Crippen LogP contribution in [0.2, 0.25) is 0 Å². The van der Waals surface area contributed by atoms with Gasteiger partial charge in [0.25, 0.3) is 5.91 Å². The van der Waals surface area contributed by atoms with Crippen molar-refractivity contribution in [1.29, 1.82) is 0 Å². The number of carbonyl (C=O) groups excluding carboxylic acids is 1. The van der Waals surface area contributed by atoms with Crippen molar-refractivity contribution in [2.75, 3.05) is 44.7 Å². The summed E-state index contributed by atoms with van der Waals surface area (Å²) in [6, 6.07) is 9.83. The molecule has 1 saturated heterocycles. The average molecular weight is 368 g/mol. The molecule has 2 aromatic rings. The molecule has 6 heteroatoms. The third-order valence-corrected chi connectivity index (χ3v) is 4.98. The number of hydrogen-bond donors (Lipinski definition) is 1. The quantitative estimate of drug-likeness (QED) is 0.847. The van der Waals surface area contributed by atoms with Crippen LogP contribution in [-0.2, 0) is 11.3 Å². The maximum Gasteiger partial charge on any atom is 0.258 e. The van der Waals surface area contributed by atoms with E-state index in [4.69, 9.17) is 4.74 Å². The van der Waals surface area contributed by atoms with Gasteiger partial charge in [-0.25, -0.2) is 4.98 Å². The van der Waals surface area contributed by atoms with Crippen LogP contribution in [0.5, 0.6) is 5.75 Å². The summed E-state index contributed by atoms with van der Waals surface area (Å²) in [6.07, 6.45) is 1.81. The van der Waals surface area contributed by atoms with E-state index in [2.05, 4.69) is 40.1 Å². The van der Waals surface area contributed by atoms with Crippen molar-refractivity contribution in [3.63, 3.8) is 0 Å². The first kappa shape index (κ1) is 19.2. The Morgan fingerprint density at radius 2 is 1.89 bits per heavy atom. The molecule has 1 amide bonds. The number of pyridine rings is 1. The van der Waals surface area contributed by atoms with Gasteiger partial charge in [0, 0.05) is 38.9 Å². The first-order chi connectivity index (χ1) is 13.0. The molecule has 3 rings (SSSR count). The van der Waals surface area contributed by atoms with Crippen molar-refractivity contribution in [1.82, 2.24) is 15.2 Å². The lowest BCUT2D eigenvalue weighted by Gasteiger charge is -2.33. The average Bonchev–Trinajstić information content (AvgIpc) is 2.68. The van der Waals surface area contributed by atoms with E-state index < -0.39 is 0 Å². The number of aromatic nitrogens is 1. The van der Waals surface area contributed by atoms with Gasteiger partial charge in [0.05, 0.1) is 0 Å². The molecule has 0 unspecified atom stereocenters. The highest BCUT2D eigenvalue weighted by Gasteiger charge is 2.15. The smallest absolute Gasteiger partial charge is 0.258 e. The number of nitrogens with zero attached hydrogens (tertiary/aromatic N) is 3. The summed E-state index contributed by atoms with van der Waals surface area (Å²) in [5.74, 6) is 1.56. The lowest BCUT2D eigenvalue weighted by Crippen LogP contribution is -2.44. The van der Waals surface area contributed by atoms with E-state index >= 15 is 0 Å². The van der Waals surface area contributed by atoms with E-state index in [0.717, 1.165) is 48.9 Å². The van der Waals surface area contributed by atoms with Gasteiger partial charge in [0.2, 0.25) is 0 Å². The molecule has 2 heterocycles. The summed E-state index contributed by atoms with van der Waals surface area (Å²) in [5, 5.41) is 2.91. The number of piperazine rings is 1. The fourth-order valence-corrected chi connectivity index (χ4v) is 2.98. The van der Waals surface area contributed by atoms with Crippen molar-refractivity contribution < 1.29 is 9.53 Å². The molecule has 6 nitrogen and oxygen atoms in total. The van der Waals surface area contributed by atoms with Crippen LogP contribution in [0, 0.1) is 13.8 Å². The first-order valence-corrected chi connectivity index (χ1v) is 9.36. The molecule has 1 fully saturated rings. The van der Waals surface area contributed by atoms with E-state index in [1.165, 1.54) is 5.56 Å². The number of benzene rings is 1. The molecule has 0 saturated carbocycles. The van der Waals surface area contributed by atoms with Crippen molar-refractivity contribution in [2.45, 2.75) is 20.4 Å². The summed E-state index contributed by atoms with van der Waals surface area (Å²) in [6.45, 7) is 8.60. The maximum atomic E-state index is 12.1. The van der Waals surface area contributed by atoms with Crippen molar-refractivity contribution in [3.8, 4) is 5.75 Å². The Morgan fingerprint density at radius 3 is 2.63 bits per heavy atom. The first-order valence-electron chi connectivity index (χ1n) is 9.36. The third-order valence-electron chi connectivity index (χ3n) is 4.98. The van der Waals surface area contributed by atoms with Crippen LogP contribution in [0.4, 0.5) is 5.82 Å². The Hall–Kier alpha value is -2.60. The number of rotatable bonds is 6. The van der Waals surface area contributed by atoms with Crippen LogP contribution in [-0.4, -0.2) is 55.6 Å². The monoisotopic (exact) mass is 368 g/mol. The van der Waals surface area contributed by atoms with Crippen molar-refractivity contribution in [3.05, 3.63) is 53.2 Å². The van der Waals surface area contributed by atoms with Crippen LogP contribution in [0.1, 0.15) is 16.7 Å². The van der Waals surface area contributed by atoms with E-state index in [1.54, 1.807) is 6.20 Å². The number of nitrogens with one attached hydrogen (secondary N) is 1. The van der Waals surface area contributed by atoms with Crippen LogP contribution < -0.4 is 15.0 Å². The second-order valence-electron chi connectivity index (χ2n) is 7.12. The van der Waals surface area contributed by atoms with E-state index in [1.807, 2.05) is 31.2 Å². The topological polar surface area (TPSA) is 57.7 Å². The summed E-state index contributed by atoms with van der Waals surface area (Å²) in [7, 11) is 2.14. The molecule has 1 aliphatic rings. The fraction of sp³-hybridized carbons (Fsp3) is 0.429. The van der Waals surface area contributed by atoms with Crippen LogP contribution in [0.15, 0.2) is 36.5 Å². The molecule has 0 bridgehead atoms. The number of ether oxygens (including phenoxy) is 1. The molecule has 1 aliphatic heterocycles. The zero-order chi connectivity index (χ0) is 19.2. The SMILES string of the molecule is Cc1ccc(OCC(=O)NCc2ccnc(N3CCN(C)CC3)c2)cc1C. The Labute approximate surface area is 161 Å². The number of likely N-dealkylation sites (N-methyl/N-ethyl adjacent to an activating group) is 1. The Kier molecular flexibility index (Phi) is 6.29. The van der Waals surface area contributed by atoms with Crippen LogP contribution in [0.3, 0.4) is 0 Å². The molecular formula is C21H28N4O2. The highest BCUT2D eigenvalue weighted by atomic mass is 16.5. The second-order valence-corrected chi connectivity index (χ2v) is 7.12. The zero-order valence-electron chi connectivity index (χ0n) is 16.4. The fourth-order valence-electron chi connectivity index (χ4n) is 2.98. The van der Waals surface area contributed by atoms with Gasteiger partial charge in [-0.3, -0.25) is 4.79 Å². The standard InChI is InChI=1S/C21H28N4O2/c1-16-4-5-19(12-17(16)2)27-15-21(26)23-14-18-6-7-22-20(13-18)25-10-8-24(3)9-11-25/h4-7,12-13H,8-11,14-15H2,1-3H3,(H,23,26). The Morgan fingerprint density at radius 1 is 1.11 bits per heavy atom. The lowest BCUT2D eigenvalue weighted by molar-refractivity contribution is -0.123. The molecule has 1 aromatic heterocycles.